The highest BCUT2D eigenvalue weighted by Gasteiger charge is 2.18. The van der Waals surface area contributed by atoms with E-state index in [1.807, 2.05) is 53.4 Å². The van der Waals surface area contributed by atoms with Gasteiger partial charge in [0, 0.05) is 30.0 Å². The Balaban J connectivity index is 1.73. The molecule has 0 saturated carbocycles. The number of hydrogen-bond donors (Lipinski definition) is 0. The summed E-state index contributed by atoms with van der Waals surface area (Å²) in [6.45, 7) is 6.31. The van der Waals surface area contributed by atoms with Gasteiger partial charge in [-0.25, -0.2) is 0 Å². The maximum atomic E-state index is 13.1. The molecular weight excluding hydrogens is 396 g/mol. The number of aromatic nitrogens is 1. The predicted octanol–water partition coefficient (Wildman–Crippen LogP) is 5.43. The van der Waals surface area contributed by atoms with E-state index >= 15 is 0 Å². The van der Waals surface area contributed by atoms with E-state index in [0.717, 1.165) is 40.7 Å². The van der Waals surface area contributed by atoms with Crippen LogP contribution in [0.15, 0.2) is 66.9 Å². The Kier molecular flexibility index (Phi) is 7.58. The van der Waals surface area contributed by atoms with Gasteiger partial charge in [-0.15, -0.1) is 0 Å². The highest BCUT2D eigenvalue weighted by molar-refractivity contribution is 6.30. The van der Waals surface area contributed by atoms with Gasteiger partial charge in [0.1, 0.15) is 5.75 Å². The monoisotopic (exact) mass is 424 g/mol. The maximum absolute atomic E-state index is 13.1. The highest BCUT2D eigenvalue weighted by Crippen LogP contribution is 2.17. The number of benzene rings is 2. The number of nitrogens with zero attached hydrogens (tertiary/aromatic N) is 2. The molecule has 3 aromatic rings. The van der Waals surface area contributed by atoms with Crippen molar-refractivity contribution in [3.8, 4) is 5.75 Å². The van der Waals surface area contributed by atoms with Crippen LogP contribution in [0.3, 0.4) is 0 Å². The fourth-order valence-electron chi connectivity index (χ4n) is 3.50. The molecular formula is C25H29ClN2O2. The molecule has 30 heavy (non-hydrogen) atoms. The molecule has 0 spiro atoms. The van der Waals surface area contributed by atoms with Crippen LogP contribution in [0.25, 0.3) is 0 Å². The lowest BCUT2D eigenvalue weighted by molar-refractivity contribution is -0.131. The van der Waals surface area contributed by atoms with E-state index in [2.05, 4.69) is 36.7 Å². The third-order valence-electron chi connectivity index (χ3n) is 4.97. The molecule has 1 amide bonds. The zero-order valence-electron chi connectivity index (χ0n) is 17.8. The maximum Gasteiger partial charge on any atom is 0.227 e. The first-order valence-corrected chi connectivity index (χ1v) is 10.6. The first-order chi connectivity index (χ1) is 14.4. The van der Waals surface area contributed by atoms with Crippen molar-refractivity contribution >= 4 is 17.5 Å². The molecule has 0 atom stereocenters. The quantitative estimate of drug-likeness (QED) is 0.459. The number of rotatable bonds is 9. The number of hydrogen-bond acceptors (Lipinski definition) is 2. The summed E-state index contributed by atoms with van der Waals surface area (Å²) in [5, 5.41) is 0.734. The normalized spacial score (nSPS) is 11.0. The summed E-state index contributed by atoms with van der Waals surface area (Å²) in [5.41, 5.74) is 3.24. The molecule has 0 saturated heterocycles. The molecule has 0 fully saturated rings. The van der Waals surface area contributed by atoms with Crippen LogP contribution >= 0.6 is 11.6 Å². The number of carbonyl (C=O) groups excluding carboxylic acids is 1. The molecule has 0 unspecified atom stereocenters. The van der Waals surface area contributed by atoms with Gasteiger partial charge in [-0.3, -0.25) is 4.79 Å². The minimum atomic E-state index is 0.129. The second-order valence-corrected chi connectivity index (χ2v) is 8.39. The van der Waals surface area contributed by atoms with Gasteiger partial charge in [-0.2, -0.15) is 0 Å². The van der Waals surface area contributed by atoms with Crippen LogP contribution in [0.1, 0.15) is 30.7 Å². The Labute approximate surface area is 184 Å². The molecule has 0 aliphatic carbocycles. The number of halogens is 1. The highest BCUT2D eigenvalue weighted by atomic mass is 35.5. The Morgan fingerprint density at radius 1 is 1.07 bits per heavy atom. The summed E-state index contributed by atoms with van der Waals surface area (Å²) in [4.78, 5) is 15.1. The predicted molar refractivity (Wildman–Crippen MR) is 122 cm³/mol. The molecule has 0 aliphatic rings. The summed E-state index contributed by atoms with van der Waals surface area (Å²) >= 11 is 6.13. The smallest absolute Gasteiger partial charge is 0.227 e. The van der Waals surface area contributed by atoms with Crippen LogP contribution in [-0.2, 0) is 24.3 Å². The van der Waals surface area contributed by atoms with E-state index in [4.69, 9.17) is 16.3 Å². The van der Waals surface area contributed by atoms with Crippen LogP contribution in [0.4, 0.5) is 0 Å². The van der Waals surface area contributed by atoms with Crippen molar-refractivity contribution in [3.05, 3.63) is 88.7 Å². The zero-order valence-corrected chi connectivity index (χ0v) is 18.6. The van der Waals surface area contributed by atoms with Crippen LogP contribution in [-0.4, -0.2) is 29.0 Å². The van der Waals surface area contributed by atoms with E-state index < -0.39 is 0 Å². The minimum absolute atomic E-state index is 0.129. The van der Waals surface area contributed by atoms with Crippen molar-refractivity contribution in [1.29, 1.82) is 0 Å². The summed E-state index contributed by atoms with van der Waals surface area (Å²) in [7, 11) is 1.64. The van der Waals surface area contributed by atoms with Crippen LogP contribution < -0.4 is 4.74 Å². The lowest BCUT2D eigenvalue weighted by atomic mass is 10.1. The lowest BCUT2D eigenvalue weighted by Crippen LogP contribution is -2.35. The summed E-state index contributed by atoms with van der Waals surface area (Å²) in [5.74, 6) is 1.31. The molecule has 158 valence electrons. The second-order valence-electron chi connectivity index (χ2n) is 7.95. The largest absolute Gasteiger partial charge is 0.497 e. The van der Waals surface area contributed by atoms with Gasteiger partial charge in [0.2, 0.25) is 5.91 Å². The van der Waals surface area contributed by atoms with Crippen molar-refractivity contribution in [2.75, 3.05) is 13.7 Å². The van der Waals surface area contributed by atoms with Crippen molar-refractivity contribution in [1.82, 2.24) is 9.47 Å². The third-order valence-corrected chi connectivity index (χ3v) is 5.21. The Bertz CT molecular complexity index is 963. The average Bonchev–Trinajstić information content (AvgIpc) is 3.14. The van der Waals surface area contributed by atoms with Gasteiger partial charge in [0.15, 0.2) is 0 Å². The number of methoxy groups -OCH3 is 1. The Hall–Kier alpha value is -2.72. The molecule has 0 radical (unpaired) electrons. The first kappa shape index (κ1) is 22.0. The van der Waals surface area contributed by atoms with E-state index in [0.29, 0.717) is 18.9 Å². The lowest BCUT2D eigenvalue weighted by Gasteiger charge is -2.25. The summed E-state index contributed by atoms with van der Waals surface area (Å²) in [6.07, 6.45) is 2.43. The van der Waals surface area contributed by atoms with Crippen molar-refractivity contribution in [2.45, 2.75) is 33.4 Å². The van der Waals surface area contributed by atoms with Gasteiger partial charge >= 0.3 is 0 Å². The molecule has 1 aromatic heterocycles. The van der Waals surface area contributed by atoms with Gasteiger partial charge < -0.3 is 14.2 Å². The number of ether oxygens (including phenoxy) is 1. The van der Waals surface area contributed by atoms with Crippen LogP contribution in [0.2, 0.25) is 5.02 Å². The van der Waals surface area contributed by atoms with E-state index in [-0.39, 0.29) is 5.91 Å². The molecule has 4 nitrogen and oxygen atoms in total. The topological polar surface area (TPSA) is 34.5 Å². The van der Waals surface area contributed by atoms with E-state index in [9.17, 15) is 4.79 Å². The average molecular weight is 425 g/mol. The van der Waals surface area contributed by atoms with Gasteiger partial charge in [-0.05, 0) is 53.4 Å². The first-order valence-electron chi connectivity index (χ1n) is 10.2. The number of amides is 1. The molecule has 5 heteroatoms. The molecule has 0 aliphatic heterocycles. The fourth-order valence-corrected chi connectivity index (χ4v) is 3.71. The summed E-state index contributed by atoms with van der Waals surface area (Å²) < 4.78 is 7.39. The van der Waals surface area contributed by atoms with Crippen molar-refractivity contribution < 1.29 is 9.53 Å². The van der Waals surface area contributed by atoms with E-state index in [1.54, 1.807) is 7.11 Å². The van der Waals surface area contributed by atoms with E-state index in [1.165, 1.54) is 0 Å². The molecule has 3 rings (SSSR count). The van der Waals surface area contributed by atoms with Gasteiger partial charge in [-0.1, -0.05) is 49.7 Å². The Morgan fingerprint density at radius 3 is 2.50 bits per heavy atom. The SMILES string of the molecule is COc1ccc(CC(=O)N(Cc2cccn2Cc2cccc(Cl)c2)CC(C)C)cc1. The number of carbonyl (C=O) groups is 1. The van der Waals surface area contributed by atoms with Crippen molar-refractivity contribution in [2.24, 2.45) is 5.92 Å². The fraction of sp³-hybridized carbons (Fsp3) is 0.320. The second kappa shape index (κ2) is 10.4. The molecule has 0 bridgehead atoms. The summed E-state index contributed by atoms with van der Waals surface area (Å²) in [6, 6.07) is 19.7. The zero-order chi connectivity index (χ0) is 21.5. The van der Waals surface area contributed by atoms with Gasteiger partial charge in [0.25, 0.3) is 0 Å². The van der Waals surface area contributed by atoms with Crippen LogP contribution in [0.5, 0.6) is 5.75 Å². The molecule has 0 N–H and O–H groups in total. The molecule has 1 heterocycles. The Morgan fingerprint density at radius 2 is 1.83 bits per heavy atom. The van der Waals surface area contributed by atoms with Gasteiger partial charge in [0.05, 0.1) is 20.1 Å². The third kappa shape index (κ3) is 6.14. The molecule has 2 aromatic carbocycles. The van der Waals surface area contributed by atoms with Crippen molar-refractivity contribution in [3.63, 3.8) is 0 Å². The van der Waals surface area contributed by atoms with Crippen LogP contribution in [0, 0.1) is 5.92 Å². The minimum Gasteiger partial charge on any atom is -0.497 e. The standard InChI is InChI=1S/C25H29ClN2O2/c1-19(2)16-28(25(29)15-20-9-11-24(30-3)12-10-20)18-23-8-5-13-27(23)17-21-6-4-7-22(26)14-21/h4-14,19H,15-18H2,1-3H3.